The van der Waals surface area contributed by atoms with E-state index in [-0.39, 0.29) is 11.0 Å². The summed E-state index contributed by atoms with van der Waals surface area (Å²) >= 11 is 0. The Hall–Kier alpha value is -4.04. The summed E-state index contributed by atoms with van der Waals surface area (Å²) in [4.78, 5) is 27.1. The molecular weight excluding hydrogens is 376 g/mol. The zero-order valence-corrected chi connectivity index (χ0v) is 16.5. The van der Waals surface area contributed by atoms with Crippen LogP contribution >= 0.6 is 0 Å². The van der Waals surface area contributed by atoms with Crippen LogP contribution in [0.5, 0.6) is 0 Å². The minimum Gasteiger partial charge on any atom is -0.478 e. The lowest BCUT2D eigenvalue weighted by molar-refractivity contribution is 0.0697. The molecule has 30 heavy (non-hydrogen) atoms. The molecule has 2 heterocycles. The first-order valence-corrected chi connectivity index (χ1v) is 9.57. The summed E-state index contributed by atoms with van der Waals surface area (Å²) in [5.41, 5.74) is 4.86. The molecule has 0 unspecified atom stereocenters. The number of fused-ring (bicyclic) bond motifs is 1. The van der Waals surface area contributed by atoms with Gasteiger partial charge in [0.05, 0.1) is 16.8 Å². The van der Waals surface area contributed by atoms with E-state index in [1.807, 2.05) is 54.2 Å². The molecule has 2 aromatic carbocycles. The first-order chi connectivity index (χ1) is 14.5. The Labute approximate surface area is 173 Å². The van der Waals surface area contributed by atoms with E-state index >= 15 is 0 Å². The fraction of sp³-hybridized carbons (Fsp3) is 0.120. The van der Waals surface area contributed by atoms with Gasteiger partial charge in [-0.15, -0.1) is 0 Å². The van der Waals surface area contributed by atoms with Crippen LogP contribution in [0.2, 0.25) is 0 Å². The van der Waals surface area contributed by atoms with Gasteiger partial charge in [-0.05, 0) is 35.2 Å². The van der Waals surface area contributed by atoms with Gasteiger partial charge in [-0.2, -0.15) is 0 Å². The van der Waals surface area contributed by atoms with Crippen molar-refractivity contribution in [2.45, 2.75) is 12.8 Å². The van der Waals surface area contributed by atoms with Crippen molar-refractivity contribution in [3.63, 3.8) is 0 Å². The standard InChI is InChI=1S/C25H20N2O3/c1-27-16-20(14-18-10-12-19(13-11-18)25(29)30)24(28)23-22(27)15-21(26-23)9-5-8-17-6-3-2-4-7-17/h2-4,6-7,10-13,15-16,26H,8,14H2,1H3,(H,29,30). The molecule has 5 nitrogen and oxygen atoms in total. The van der Waals surface area contributed by atoms with Gasteiger partial charge < -0.3 is 14.7 Å². The number of aromatic nitrogens is 2. The fourth-order valence-electron chi connectivity index (χ4n) is 3.43. The summed E-state index contributed by atoms with van der Waals surface area (Å²) in [6, 6.07) is 18.5. The van der Waals surface area contributed by atoms with E-state index in [1.165, 1.54) is 0 Å². The molecule has 0 aliphatic heterocycles. The molecule has 0 saturated carbocycles. The second kappa shape index (κ2) is 8.14. The van der Waals surface area contributed by atoms with E-state index < -0.39 is 5.97 Å². The van der Waals surface area contributed by atoms with E-state index in [1.54, 1.807) is 24.3 Å². The van der Waals surface area contributed by atoms with Crippen LogP contribution in [0, 0.1) is 11.8 Å². The smallest absolute Gasteiger partial charge is 0.335 e. The van der Waals surface area contributed by atoms with E-state index in [0.717, 1.165) is 16.6 Å². The number of aromatic carboxylic acids is 1. The van der Waals surface area contributed by atoms with Crippen LogP contribution in [-0.4, -0.2) is 20.6 Å². The van der Waals surface area contributed by atoms with Crippen molar-refractivity contribution in [1.82, 2.24) is 9.55 Å². The van der Waals surface area contributed by atoms with Crippen LogP contribution in [0.4, 0.5) is 0 Å². The molecule has 4 aromatic rings. The molecule has 0 aliphatic rings. The predicted octanol–water partition coefficient (Wildman–Crippen LogP) is 3.75. The van der Waals surface area contributed by atoms with Gasteiger partial charge in [-0.3, -0.25) is 4.79 Å². The second-order valence-corrected chi connectivity index (χ2v) is 7.18. The Morgan fingerprint density at radius 3 is 2.50 bits per heavy atom. The number of aryl methyl sites for hydroxylation is 1. The van der Waals surface area contributed by atoms with Crippen molar-refractivity contribution in [2.75, 3.05) is 0 Å². The zero-order valence-electron chi connectivity index (χ0n) is 16.5. The minimum atomic E-state index is -0.967. The van der Waals surface area contributed by atoms with Crippen molar-refractivity contribution < 1.29 is 9.90 Å². The second-order valence-electron chi connectivity index (χ2n) is 7.18. The molecule has 0 bridgehead atoms. The fourth-order valence-corrected chi connectivity index (χ4v) is 3.43. The quantitative estimate of drug-likeness (QED) is 0.516. The van der Waals surface area contributed by atoms with Crippen LogP contribution in [-0.2, 0) is 19.9 Å². The number of nitrogens with one attached hydrogen (secondary N) is 1. The first kappa shape index (κ1) is 19.3. The number of carboxylic acids is 1. The number of nitrogens with zero attached hydrogens (tertiary/aromatic N) is 1. The molecule has 148 valence electrons. The molecule has 4 rings (SSSR count). The third-order valence-electron chi connectivity index (χ3n) is 5.00. The average molecular weight is 396 g/mol. The SMILES string of the molecule is Cn1cc(Cc2ccc(C(=O)O)cc2)c(=O)c2[nH]c(C#CCc3ccccc3)cc21. The summed E-state index contributed by atoms with van der Waals surface area (Å²) in [5, 5.41) is 9.02. The van der Waals surface area contributed by atoms with Crippen molar-refractivity contribution in [3.05, 3.63) is 105 Å². The van der Waals surface area contributed by atoms with Gasteiger partial charge in [0, 0.05) is 31.6 Å². The normalized spacial score (nSPS) is 10.6. The van der Waals surface area contributed by atoms with Crippen LogP contribution in [0.25, 0.3) is 11.0 Å². The third kappa shape index (κ3) is 4.03. The maximum Gasteiger partial charge on any atom is 0.335 e. The predicted molar refractivity (Wildman–Crippen MR) is 117 cm³/mol. The molecule has 0 saturated heterocycles. The van der Waals surface area contributed by atoms with Gasteiger partial charge >= 0.3 is 5.97 Å². The van der Waals surface area contributed by atoms with Gasteiger partial charge in [0.15, 0.2) is 0 Å². The van der Waals surface area contributed by atoms with Crippen LogP contribution in [0.15, 0.2) is 71.7 Å². The highest BCUT2D eigenvalue weighted by molar-refractivity contribution is 5.87. The van der Waals surface area contributed by atoms with E-state index in [2.05, 4.69) is 16.8 Å². The molecule has 5 heteroatoms. The Balaban J connectivity index is 1.61. The lowest BCUT2D eigenvalue weighted by Crippen LogP contribution is -2.13. The van der Waals surface area contributed by atoms with Gasteiger partial charge in [0.1, 0.15) is 5.52 Å². The van der Waals surface area contributed by atoms with Crippen LogP contribution in [0.1, 0.15) is 32.7 Å². The Kier molecular flexibility index (Phi) is 5.23. The number of benzene rings is 2. The molecule has 0 spiro atoms. The number of H-pyrrole nitrogens is 1. The monoisotopic (exact) mass is 396 g/mol. The summed E-state index contributed by atoms with van der Waals surface area (Å²) < 4.78 is 1.91. The Morgan fingerprint density at radius 2 is 1.80 bits per heavy atom. The van der Waals surface area contributed by atoms with Crippen LogP contribution < -0.4 is 5.43 Å². The number of carboxylic acid groups (broad SMARTS) is 1. The van der Waals surface area contributed by atoms with Crippen molar-refractivity contribution in [1.29, 1.82) is 0 Å². The van der Waals surface area contributed by atoms with Crippen molar-refractivity contribution >= 4 is 17.0 Å². The topological polar surface area (TPSA) is 75.1 Å². The highest BCUT2D eigenvalue weighted by atomic mass is 16.4. The number of hydrogen-bond donors (Lipinski definition) is 2. The molecule has 0 radical (unpaired) electrons. The molecule has 0 atom stereocenters. The molecule has 2 aromatic heterocycles. The average Bonchev–Trinajstić information content (AvgIpc) is 3.18. The molecule has 0 fully saturated rings. The van der Waals surface area contributed by atoms with Gasteiger partial charge in [-0.1, -0.05) is 48.4 Å². The van der Waals surface area contributed by atoms with Crippen molar-refractivity contribution in [3.8, 4) is 11.8 Å². The molecule has 2 N–H and O–H groups in total. The van der Waals surface area contributed by atoms with Gasteiger partial charge in [-0.25, -0.2) is 4.79 Å². The number of aromatic amines is 1. The van der Waals surface area contributed by atoms with E-state index in [0.29, 0.717) is 29.6 Å². The van der Waals surface area contributed by atoms with E-state index in [9.17, 15) is 9.59 Å². The van der Waals surface area contributed by atoms with Crippen molar-refractivity contribution in [2.24, 2.45) is 7.05 Å². The summed E-state index contributed by atoms with van der Waals surface area (Å²) in [6.07, 6.45) is 2.89. The highest BCUT2D eigenvalue weighted by Crippen LogP contribution is 2.15. The maximum atomic E-state index is 13.0. The number of hydrogen-bond acceptors (Lipinski definition) is 2. The third-order valence-corrected chi connectivity index (χ3v) is 5.00. The Morgan fingerprint density at radius 1 is 1.07 bits per heavy atom. The number of pyridine rings is 1. The largest absolute Gasteiger partial charge is 0.478 e. The summed E-state index contributed by atoms with van der Waals surface area (Å²) in [5.74, 6) is 5.29. The summed E-state index contributed by atoms with van der Waals surface area (Å²) in [6.45, 7) is 0. The zero-order chi connectivity index (χ0) is 21.1. The molecule has 0 aliphatic carbocycles. The minimum absolute atomic E-state index is 0.0680. The molecule has 0 amide bonds. The molecular formula is C25H20N2O3. The van der Waals surface area contributed by atoms with Gasteiger partial charge in [0.25, 0.3) is 0 Å². The first-order valence-electron chi connectivity index (χ1n) is 9.57. The number of carbonyl (C=O) groups is 1. The highest BCUT2D eigenvalue weighted by Gasteiger charge is 2.11. The Bertz CT molecular complexity index is 1330. The van der Waals surface area contributed by atoms with Crippen LogP contribution in [0.3, 0.4) is 0 Å². The van der Waals surface area contributed by atoms with Gasteiger partial charge in [0.2, 0.25) is 5.43 Å². The number of rotatable bonds is 4. The lowest BCUT2D eigenvalue weighted by atomic mass is 10.0. The maximum absolute atomic E-state index is 13.0. The van der Waals surface area contributed by atoms with E-state index in [4.69, 9.17) is 5.11 Å². The lowest BCUT2D eigenvalue weighted by Gasteiger charge is -2.06. The summed E-state index contributed by atoms with van der Waals surface area (Å²) in [7, 11) is 1.90.